The van der Waals surface area contributed by atoms with Gasteiger partial charge in [0.25, 0.3) is 0 Å². The fraction of sp³-hybridized carbons (Fsp3) is 0.538. The highest BCUT2D eigenvalue weighted by Gasteiger charge is 2.39. The molecule has 0 radical (unpaired) electrons. The van der Waals surface area contributed by atoms with Crippen molar-refractivity contribution in [3.63, 3.8) is 0 Å². The van der Waals surface area contributed by atoms with E-state index in [9.17, 15) is 0 Å². The van der Waals surface area contributed by atoms with Crippen LogP contribution in [0.5, 0.6) is 5.75 Å². The van der Waals surface area contributed by atoms with Gasteiger partial charge in [-0.25, -0.2) is 0 Å². The summed E-state index contributed by atoms with van der Waals surface area (Å²) in [6.07, 6.45) is 0. The van der Waals surface area contributed by atoms with Crippen LogP contribution in [0.1, 0.15) is 16.7 Å². The molecule has 0 heterocycles. The third-order valence-corrected chi connectivity index (χ3v) is 5.78. The summed E-state index contributed by atoms with van der Waals surface area (Å²) in [5.41, 5.74) is 3.42. The molecule has 5 heteroatoms. The predicted molar refractivity (Wildman–Crippen MR) is 73.0 cm³/mol. The highest BCUT2D eigenvalue weighted by atomic mass is 28.4. The number of methoxy groups -OCH3 is 1. The van der Waals surface area contributed by atoms with Crippen LogP contribution in [0.4, 0.5) is 0 Å². The highest BCUT2D eigenvalue weighted by Crippen LogP contribution is 2.28. The van der Waals surface area contributed by atoms with Crippen molar-refractivity contribution in [3.8, 4) is 5.75 Å². The minimum Gasteiger partial charge on any atom is -0.496 e. The van der Waals surface area contributed by atoms with E-state index in [4.69, 9.17) is 18.0 Å². The summed E-state index contributed by atoms with van der Waals surface area (Å²) in [5, 5.41) is 0. The molecule has 102 valence electrons. The number of hydrogen-bond donors (Lipinski definition) is 0. The first-order chi connectivity index (χ1) is 8.51. The van der Waals surface area contributed by atoms with Crippen molar-refractivity contribution in [2.24, 2.45) is 0 Å². The molecule has 4 nitrogen and oxygen atoms in total. The van der Waals surface area contributed by atoms with Crippen molar-refractivity contribution in [2.45, 2.75) is 19.9 Å². The molecular weight excluding hydrogens is 248 g/mol. The van der Waals surface area contributed by atoms with E-state index in [1.807, 2.05) is 13.0 Å². The van der Waals surface area contributed by atoms with E-state index in [2.05, 4.69) is 13.0 Å². The van der Waals surface area contributed by atoms with Gasteiger partial charge in [0, 0.05) is 32.9 Å². The summed E-state index contributed by atoms with van der Waals surface area (Å²) >= 11 is 0. The quantitative estimate of drug-likeness (QED) is 0.743. The lowest BCUT2D eigenvalue weighted by molar-refractivity contribution is 0.122. The lowest BCUT2D eigenvalue weighted by Gasteiger charge is -2.26. The molecule has 0 aliphatic rings. The second kappa shape index (κ2) is 6.33. The molecule has 0 saturated carbocycles. The Bertz CT molecular complexity index is 394. The average molecular weight is 270 g/mol. The van der Waals surface area contributed by atoms with Crippen molar-refractivity contribution < 1.29 is 18.0 Å². The average Bonchev–Trinajstić information content (AvgIpc) is 2.38. The topological polar surface area (TPSA) is 36.9 Å². The lowest BCUT2D eigenvalue weighted by atomic mass is 10.1. The maximum atomic E-state index is 5.46. The molecule has 0 amide bonds. The van der Waals surface area contributed by atoms with Gasteiger partial charge in [-0.3, -0.25) is 0 Å². The summed E-state index contributed by atoms with van der Waals surface area (Å²) in [7, 11) is 3.90. The van der Waals surface area contributed by atoms with Crippen LogP contribution < -0.4 is 4.74 Å². The second-order valence-electron chi connectivity index (χ2n) is 4.23. The fourth-order valence-electron chi connectivity index (χ4n) is 2.05. The molecule has 0 unspecified atom stereocenters. The van der Waals surface area contributed by atoms with Gasteiger partial charge >= 0.3 is 8.80 Å². The molecule has 0 aliphatic heterocycles. The van der Waals surface area contributed by atoms with Gasteiger partial charge in [-0.05, 0) is 31.0 Å². The van der Waals surface area contributed by atoms with Crippen LogP contribution in [0.3, 0.4) is 0 Å². The van der Waals surface area contributed by atoms with Crippen LogP contribution in [0.25, 0.3) is 0 Å². The predicted octanol–water partition coefficient (Wildman–Crippen LogP) is 2.27. The first-order valence-electron chi connectivity index (χ1n) is 5.81. The Morgan fingerprint density at radius 1 is 0.944 bits per heavy atom. The van der Waals surface area contributed by atoms with Gasteiger partial charge in [-0.2, -0.15) is 0 Å². The standard InChI is InChI=1S/C13H22O4Si/c1-10-7-11(2)12(13(8-10)14-3)9-18(15-4,16-5)17-6/h7-8H,9H2,1-6H3. The van der Waals surface area contributed by atoms with E-state index < -0.39 is 8.80 Å². The molecule has 0 aliphatic carbocycles. The SMILES string of the molecule is COc1cc(C)cc(C)c1C[Si](OC)(OC)OC. The summed E-state index contributed by atoms with van der Waals surface area (Å²) in [5.74, 6) is 0.857. The number of benzene rings is 1. The third kappa shape index (κ3) is 3.11. The van der Waals surface area contributed by atoms with Crippen LogP contribution in [0.2, 0.25) is 0 Å². The van der Waals surface area contributed by atoms with Crippen molar-refractivity contribution >= 4 is 8.80 Å². The monoisotopic (exact) mass is 270 g/mol. The van der Waals surface area contributed by atoms with Gasteiger partial charge in [0.1, 0.15) is 5.75 Å². The molecule has 0 saturated heterocycles. The fourth-order valence-corrected chi connectivity index (χ4v) is 3.87. The van der Waals surface area contributed by atoms with Gasteiger partial charge in [0.05, 0.1) is 7.11 Å². The molecule has 18 heavy (non-hydrogen) atoms. The smallest absolute Gasteiger partial charge is 0.496 e. The first-order valence-corrected chi connectivity index (χ1v) is 7.74. The maximum Gasteiger partial charge on any atom is 0.504 e. The third-order valence-electron chi connectivity index (χ3n) is 3.12. The largest absolute Gasteiger partial charge is 0.504 e. The molecule has 0 spiro atoms. The van der Waals surface area contributed by atoms with E-state index in [0.717, 1.165) is 16.9 Å². The minimum atomic E-state index is -2.63. The molecule has 1 aromatic rings. The molecular formula is C13H22O4Si. The molecule has 0 N–H and O–H groups in total. The van der Waals surface area contributed by atoms with E-state index in [1.54, 1.807) is 28.4 Å². The van der Waals surface area contributed by atoms with Gasteiger partial charge in [0.2, 0.25) is 0 Å². The zero-order chi connectivity index (χ0) is 13.8. The Labute approximate surface area is 110 Å². The number of hydrogen-bond acceptors (Lipinski definition) is 4. The molecule has 0 fully saturated rings. The number of rotatable bonds is 6. The van der Waals surface area contributed by atoms with Gasteiger partial charge in [0.15, 0.2) is 0 Å². The van der Waals surface area contributed by atoms with Gasteiger partial charge in [-0.15, -0.1) is 0 Å². The van der Waals surface area contributed by atoms with Crippen LogP contribution in [-0.4, -0.2) is 37.2 Å². The Hall–Kier alpha value is -0.883. The number of ether oxygens (including phenoxy) is 1. The molecule has 1 rings (SSSR count). The van der Waals surface area contributed by atoms with Crippen molar-refractivity contribution in [1.29, 1.82) is 0 Å². The van der Waals surface area contributed by atoms with E-state index >= 15 is 0 Å². The Balaban J connectivity index is 3.17. The van der Waals surface area contributed by atoms with E-state index in [1.165, 1.54) is 5.56 Å². The van der Waals surface area contributed by atoms with Crippen molar-refractivity contribution in [1.82, 2.24) is 0 Å². The Morgan fingerprint density at radius 2 is 1.50 bits per heavy atom. The minimum absolute atomic E-state index is 0.603. The summed E-state index contributed by atoms with van der Waals surface area (Å²) in [6, 6.07) is 4.74. The summed E-state index contributed by atoms with van der Waals surface area (Å²) in [4.78, 5) is 0. The van der Waals surface area contributed by atoms with Gasteiger partial charge < -0.3 is 18.0 Å². The van der Waals surface area contributed by atoms with Crippen molar-refractivity contribution in [3.05, 3.63) is 28.8 Å². The van der Waals surface area contributed by atoms with Crippen LogP contribution in [0.15, 0.2) is 12.1 Å². The summed E-state index contributed by atoms with van der Waals surface area (Å²) in [6.45, 7) is 4.11. The Morgan fingerprint density at radius 3 is 1.94 bits per heavy atom. The zero-order valence-corrected chi connectivity index (χ0v) is 13.0. The maximum absolute atomic E-state index is 5.46. The van der Waals surface area contributed by atoms with Crippen LogP contribution >= 0.6 is 0 Å². The summed E-state index contributed by atoms with van der Waals surface area (Å²) < 4.78 is 21.8. The van der Waals surface area contributed by atoms with Crippen LogP contribution in [0, 0.1) is 13.8 Å². The van der Waals surface area contributed by atoms with E-state index in [-0.39, 0.29) is 0 Å². The molecule has 0 bridgehead atoms. The lowest BCUT2D eigenvalue weighted by Crippen LogP contribution is -2.45. The van der Waals surface area contributed by atoms with Crippen LogP contribution in [-0.2, 0) is 19.3 Å². The second-order valence-corrected chi connectivity index (χ2v) is 7.18. The van der Waals surface area contributed by atoms with Gasteiger partial charge in [-0.1, -0.05) is 6.07 Å². The highest BCUT2D eigenvalue weighted by molar-refractivity contribution is 6.60. The zero-order valence-electron chi connectivity index (χ0n) is 12.0. The Kier molecular flexibility index (Phi) is 5.34. The molecule has 0 aromatic heterocycles. The molecule has 1 aromatic carbocycles. The first kappa shape index (κ1) is 15.2. The molecule has 0 atom stereocenters. The normalized spacial score (nSPS) is 11.7. The van der Waals surface area contributed by atoms with Crippen molar-refractivity contribution in [2.75, 3.05) is 28.4 Å². The number of aryl methyl sites for hydroxylation is 2. The van der Waals surface area contributed by atoms with E-state index in [0.29, 0.717) is 6.04 Å².